The topological polar surface area (TPSA) is 350 Å². The van der Waals surface area contributed by atoms with E-state index in [1.165, 1.54) is 41.1 Å². The Morgan fingerprint density at radius 3 is 1.73 bits per heavy atom. The standard InChI is InChI=1S/C38H50FN9O15/c39-16-6-7-24-21-46(45-44-24)25(22-62-26-10-13-32(47(58)59)30(19-26)40-17-4-1-2-9-34(49)50)23-63-27-11-14-33(48(60)61)31(20-27)41-18-5-3-8-28(36(53)54)42-38(57)43-29(37(55)56)12-15-35(51)52/h10-11,13-14,19-21,25,28-29,40-41H,1-9,12,15-18,22-23H2,(H,49,50)(H,51,52)(H,53,54)(H,55,56)(H2,42,43,57)/t25?,28-,29-/m1/s1. The smallest absolute Gasteiger partial charge is 0.326 e. The number of amides is 2. The van der Waals surface area contributed by atoms with Crippen LogP contribution in [0.2, 0.25) is 0 Å². The molecule has 0 aliphatic heterocycles. The van der Waals surface area contributed by atoms with E-state index in [1.807, 2.05) is 5.32 Å². The van der Waals surface area contributed by atoms with Gasteiger partial charge in [0.2, 0.25) is 0 Å². The van der Waals surface area contributed by atoms with Gasteiger partial charge in [-0.25, -0.2) is 19.1 Å². The van der Waals surface area contributed by atoms with E-state index in [0.717, 1.165) is 0 Å². The number of alkyl halides is 1. The number of aliphatic carboxylic acids is 4. The summed E-state index contributed by atoms with van der Waals surface area (Å²) < 4.78 is 26.4. The number of halogens is 1. The zero-order valence-electron chi connectivity index (χ0n) is 34.0. The van der Waals surface area contributed by atoms with E-state index in [0.29, 0.717) is 37.9 Å². The van der Waals surface area contributed by atoms with E-state index in [4.69, 9.17) is 19.7 Å². The predicted octanol–water partition coefficient (Wildman–Crippen LogP) is 4.41. The number of aryl methyl sites for hydroxylation is 1. The molecule has 2 aromatic carbocycles. The molecule has 24 nitrogen and oxygen atoms in total. The molecular formula is C38H50FN9O15. The van der Waals surface area contributed by atoms with Crippen molar-refractivity contribution < 1.29 is 68.1 Å². The highest BCUT2D eigenvalue weighted by Crippen LogP contribution is 2.31. The highest BCUT2D eigenvalue weighted by atomic mass is 19.1. The fourth-order valence-electron chi connectivity index (χ4n) is 5.89. The van der Waals surface area contributed by atoms with Gasteiger partial charge in [0.1, 0.15) is 54.2 Å². The van der Waals surface area contributed by atoms with Gasteiger partial charge in [0, 0.05) is 56.4 Å². The number of nitrogens with zero attached hydrogens (tertiary/aromatic N) is 5. The predicted molar refractivity (Wildman–Crippen MR) is 219 cm³/mol. The lowest BCUT2D eigenvalue weighted by molar-refractivity contribution is -0.384. The van der Waals surface area contributed by atoms with Crippen LogP contribution in [0.3, 0.4) is 0 Å². The summed E-state index contributed by atoms with van der Waals surface area (Å²) in [6, 6.07) is 3.30. The molecule has 1 aromatic heterocycles. The van der Waals surface area contributed by atoms with Crippen LogP contribution in [-0.2, 0) is 25.6 Å². The molecule has 1 unspecified atom stereocenters. The number of nitrogens with one attached hydrogen (secondary N) is 4. The van der Waals surface area contributed by atoms with Crippen LogP contribution in [-0.4, -0.2) is 120 Å². The van der Waals surface area contributed by atoms with Gasteiger partial charge < -0.3 is 51.2 Å². The highest BCUT2D eigenvalue weighted by molar-refractivity contribution is 5.86. The second kappa shape index (κ2) is 26.1. The Morgan fingerprint density at radius 2 is 1.24 bits per heavy atom. The number of hydrogen-bond donors (Lipinski definition) is 8. The van der Waals surface area contributed by atoms with Crippen molar-refractivity contribution in [1.29, 1.82) is 0 Å². The van der Waals surface area contributed by atoms with Crippen molar-refractivity contribution in [1.82, 2.24) is 25.6 Å². The summed E-state index contributed by atoms with van der Waals surface area (Å²) in [5, 5.41) is 78.4. The van der Waals surface area contributed by atoms with Gasteiger partial charge in [0.15, 0.2) is 0 Å². The van der Waals surface area contributed by atoms with Gasteiger partial charge in [-0.1, -0.05) is 11.6 Å². The molecule has 1 heterocycles. The molecule has 25 heteroatoms. The van der Waals surface area contributed by atoms with Crippen LogP contribution in [0.25, 0.3) is 0 Å². The number of carbonyl (C=O) groups is 5. The Labute approximate surface area is 358 Å². The quantitative estimate of drug-likeness (QED) is 0.0244. The molecule has 2 amide bonds. The molecular weight excluding hydrogens is 841 g/mol. The second-order valence-electron chi connectivity index (χ2n) is 14.0. The van der Waals surface area contributed by atoms with Crippen molar-refractivity contribution in [3.8, 4) is 11.5 Å². The summed E-state index contributed by atoms with van der Waals surface area (Å²) >= 11 is 0. The van der Waals surface area contributed by atoms with E-state index >= 15 is 0 Å². The molecule has 0 aliphatic carbocycles. The number of anilines is 2. The zero-order chi connectivity index (χ0) is 46.3. The maximum atomic E-state index is 12.9. The Hall–Kier alpha value is -7.34. The lowest BCUT2D eigenvalue weighted by Crippen LogP contribution is -2.51. The van der Waals surface area contributed by atoms with Crippen molar-refractivity contribution in [3.63, 3.8) is 0 Å². The number of rotatable bonds is 32. The minimum absolute atomic E-state index is 0.0191. The molecule has 0 saturated heterocycles. The number of aromatic nitrogens is 3. The number of carboxylic acids is 4. The second-order valence-corrected chi connectivity index (χ2v) is 14.0. The number of nitro groups is 2. The Bertz CT molecular complexity index is 2040. The third-order valence-corrected chi connectivity index (χ3v) is 9.18. The first kappa shape index (κ1) is 50.0. The largest absolute Gasteiger partial charge is 0.491 e. The normalized spacial score (nSPS) is 12.3. The fraction of sp³-hybridized carbons (Fsp3) is 0.500. The van der Waals surface area contributed by atoms with Gasteiger partial charge in [-0.2, -0.15) is 0 Å². The first-order valence-electron chi connectivity index (χ1n) is 19.8. The number of nitro benzene ring substituents is 2. The third kappa shape index (κ3) is 18.0. The number of carboxylic acid groups (broad SMARTS) is 4. The van der Waals surface area contributed by atoms with Crippen LogP contribution in [0.15, 0.2) is 42.6 Å². The molecule has 8 N–H and O–H groups in total. The molecule has 0 bridgehead atoms. The lowest BCUT2D eigenvalue weighted by Gasteiger charge is -2.19. The van der Waals surface area contributed by atoms with Crippen LogP contribution in [0, 0.1) is 20.2 Å². The zero-order valence-corrected chi connectivity index (χ0v) is 34.0. The van der Waals surface area contributed by atoms with Crippen LogP contribution >= 0.6 is 0 Å². The molecule has 0 saturated carbocycles. The van der Waals surface area contributed by atoms with Crippen LogP contribution in [0.4, 0.5) is 31.9 Å². The first-order chi connectivity index (χ1) is 30.1. The number of urea groups is 1. The average Bonchev–Trinajstić information content (AvgIpc) is 3.70. The minimum Gasteiger partial charge on any atom is -0.491 e. The SMILES string of the molecule is O=C(O)CCCCCNc1cc(OCC(COc2ccc([N+](=O)[O-])c(NCCCC[C@@H](NC(=O)N[C@H](CCC(=O)O)C(=O)O)C(=O)O)c2)n2cc(CCCF)nn2)ccc1[N+](=O)[O-]. The molecule has 63 heavy (non-hydrogen) atoms. The summed E-state index contributed by atoms with van der Waals surface area (Å²) in [5.74, 6) is -4.64. The summed E-state index contributed by atoms with van der Waals surface area (Å²) in [7, 11) is 0. The van der Waals surface area contributed by atoms with Crippen LogP contribution in [0.5, 0.6) is 11.5 Å². The number of ether oxygens (including phenoxy) is 2. The van der Waals surface area contributed by atoms with Crippen molar-refractivity contribution in [2.45, 2.75) is 88.8 Å². The van der Waals surface area contributed by atoms with Crippen LogP contribution in [0.1, 0.15) is 75.9 Å². The van der Waals surface area contributed by atoms with E-state index in [9.17, 15) is 58.8 Å². The van der Waals surface area contributed by atoms with E-state index in [-0.39, 0.29) is 86.1 Å². The molecule has 344 valence electrons. The number of hydrogen-bond acceptors (Lipinski definition) is 15. The van der Waals surface area contributed by atoms with E-state index < -0.39 is 77.4 Å². The van der Waals surface area contributed by atoms with Crippen LogP contribution < -0.4 is 30.7 Å². The third-order valence-electron chi connectivity index (χ3n) is 9.18. The van der Waals surface area contributed by atoms with Gasteiger partial charge in [-0.15, -0.1) is 5.10 Å². The molecule has 3 atom stereocenters. The van der Waals surface area contributed by atoms with Gasteiger partial charge in [-0.05, 0) is 63.5 Å². The lowest BCUT2D eigenvalue weighted by atomic mass is 10.1. The Morgan fingerprint density at radius 1 is 0.714 bits per heavy atom. The number of carbonyl (C=O) groups excluding carboxylic acids is 1. The maximum Gasteiger partial charge on any atom is 0.326 e. The monoisotopic (exact) mass is 891 g/mol. The van der Waals surface area contributed by atoms with E-state index in [2.05, 4.69) is 26.3 Å². The Kier molecular flexibility index (Phi) is 20.7. The summed E-state index contributed by atoms with van der Waals surface area (Å²) in [6.07, 6.45) is 3.16. The van der Waals surface area contributed by atoms with Gasteiger partial charge in [-0.3, -0.25) is 34.2 Å². The molecule has 0 radical (unpaired) electrons. The number of unbranched alkanes of at least 4 members (excludes halogenated alkanes) is 3. The van der Waals surface area contributed by atoms with Crippen molar-refractivity contribution in [2.75, 3.05) is 43.6 Å². The fourth-order valence-corrected chi connectivity index (χ4v) is 5.89. The average molecular weight is 892 g/mol. The number of benzene rings is 2. The molecule has 0 spiro atoms. The highest BCUT2D eigenvalue weighted by Gasteiger charge is 2.25. The molecule has 0 aliphatic rings. The summed E-state index contributed by atoms with van der Waals surface area (Å²) in [6.45, 7) is -0.330. The first-order valence-corrected chi connectivity index (χ1v) is 19.8. The molecule has 3 aromatic rings. The van der Waals surface area contributed by atoms with Gasteiger partial charge >= 0.3 is 29.9 Å². The molecule has 3 rings (SSSR count). The van der Waals surface area contributed by atoms with Gasteiger partial charge in [0.25, 0.3) is 11.4 Å². The Balaban J connectivity index is 1.66. The maximum absolute atomic E-state index is 12.9. The van der Waals surface area contributed by atoms with E-state index in [1.54, 1.807) is 6.20 Å². The summed E-state index contributed by atoms with van der Waals surface area (Å²) in [4.78, 5) is 79.4. The van der Waals surface area contributed by atoms with Crippen molar-refractivity contribution in [2.24, 2.45) is 0 Å². The summed E-state index contributed by atoms with van der Waals surface area (Å²) in [5.41, 5.74) is 0.262. The van der Waals surface area contributed by atoms with Crippen molar-refractivity contribution in [3.05, 3.63) is 68.5 Å². The van der Waals surface area contributed by atoms with Gasteiger partial charge in [0.05, 0.1) is 22.2 Å². The van der Waals surface area contributed by atoms with Crippen molar-refractivity contribution >= 4 is 52.7 Å². The minimum atomic E-state index is -1.57. The molecule has 0 fully saturated rings.